The molecule has 2 spiro atoms. The summed E-state index contributed by atoms with van der Waals surface area (Å²) in [5, 5.41) is 23.9. The molecule has 4 fully saturated rings. The van der Waals surface area contributed by atoms with Gasteiger partial charge in [0, 0.05) is 60.3 Å². The van der Waals surface area contributed by atoms with E-state index in [1.165, 1.54) is 11.8 Å². The summed E-state index contributed by atoms with van der Waals surface area (Å²) in [4.78, 5) is 73.8. The van der Waals surface area contributed by atoms with E-state index < -0.39 is 57.2 Å². The Hall–Kier alpha value is -6.70. The maximum Gasteiger partial charge on any atom is 0.349 e. The van der Waals surface area contributed by atoms with Crippen molar-refractivity contribution in [1.29, 1.82) is 0 Å². The van der Waals surface area contributed by atoms with Gasteiger partial charge in [0.1, 0.15) is 12.6 Å². The molecule has 2 saturated heterocycles. The van der Waals surface area contributed by atoms with Gasteiger partial charge in [-0.05, 0) is 116 Å². The zero-order valence-electron chi connectivity index (χ0n) is 41.9. The molecular weight excluding hydrogens is 1000 g/mol. The molecule has 16 nitrogen and oxygen atoms in total. The molecule has 4 amide bonds. The number of nitrogens with zero attached hydrogens (tertiary/aromatic N) is 2. The molecule has 5 N–H and O–H groups in total. The monoisotopic (exact) mass is 1060 g/mol. The van der Waals surface area contributed by atoms with Crippen molar-refractivity contribution in [3.05, 3.63) is 107 Å². The number of hydrogen-bond donors (Lipinski definition) is 5. The number of carbonyl (C=O) groups is 6. The predicted octanol–water partition coefficient (Wildman–Crippen LogP) is 8.90. The second kappa shape index (κ2) is 22.6. The molecule has 396 valence electrons. The van der Waals surface area contributed by atoms with E-state index in [1.807, 2.05) is 71.0 Å². The van der Waals surface area contributed by atoms with Crippen molar-refractivity contribution >= 4 is 85.6 Å². The Balaban J connectivity index is 0.918. The number of ether oxygens (including phenoxy) is 1. The topological polar surface area (TPSA) is 221 Å². The van der Waals surface area contributed by atoms with Gasteiger partial charge in [0.25, 0.3) is 0 Å². The Morgan fingerprint density at radius 2 is 1.59 bits per heavy atom. The highest BCUT2D eigenvalue weighted by atomic mass is 32.2. The van der Waals surface area contributed by atoms with Crippen LogP contribution in [0, 0.1) is 5.82 Å². The Bertz CT molecular complexity index is 3070. The highest BCUT2D eigenvalue weighted by Crippen LogP contribution is 2.55. The van der Waals surface area contributed by atoms with Crippen LogP contribution in [0.4, 0.5) is 21.5 Å². The average molecular weight is 1060 g/mol. The number of fused-ring (bicyclic) bond motifs is 1. The Kier molecular flexibility index (Phi) is 16.0. The molecule has 2 unspecified atom stereocenters. The molecule has 2 aliphatic carbocycles. The number of aromatic carboxylic acids is 1. The highest BCUT2D eigenvalue weighted by molar-refractivity contribution is 7.88. The molecule has 2 aliphatic heterocycles. The van der Waals surface area contributed by atoms with Crippen molar-refractivity contribution in [3.63, 3.8) is 0 Å². The van der Waals surface area contributed by atoms with E-state index in [9.17, 15) is 33.9 Å². The van der Waals surface area contributed by atoms with Gasteiger partial charge in [-0.25, -0.2) is 17.6 Å². The lowest BCUT2D eigenvalue weighted by molar-refractivity contribution is -0.135. The molecule has 3 heterocycles. The van der Waals surface area contributed by atoms with E-state index in [1.54, 1.807) is 18.2 Å². The summed E-state index contributed by atoms with van der Waals surface area (Å²) in [6.07, 6.45) is 10.5. The first-order valence-electron chi connectivity index (χ1n) is 25.8. The predicted molar refractivity (Wildman–Crippen MR) is 286 cm³/mol. The quantitative estimate of drug-likeness (QED) is 0.0264. The first kappa shape index (κ1) is 53.1. The molecular formula is C56H63FN6O10S2. The van der Waals surface area contributed by atoms with Crippen LogP contribution in [0.1, 0.15) is 124 Å². The third-order valence-electron chi connectivity index (χ3n) is 15.6. The normalized spacial score (nSPS) is 19.7. The molecule has 9 rings (SSSR count). The van der Waals surface area contributed by atoms with E-state index >= 15 is 12.8 Å². The second-order valence-electron chi connectivity index (χ2n) is 20.4. The minimum absolute atomic E-state index is 0.0559. The number of sulfonamides is 1. The second-order valence-corrected chi connectivity index (χ2v) is 23.3. The lowest BCUT2D eigenvalue weighted by Gasteiger charge is -2.57. The summed E-state index contributed by atoms with van der Waals surface area (Å²) in [7, 11) is -3.87. The summed E-state index contributed by atoms with van der Waals surface area (Å²) in [6.45, 7) is 1.87. The Morgan fingerprint density at radius 3 is 2.25 bits per heavy atom. The van der Waals surface area contributed by atoms with Crippen LogP contribution in [0.15, 0.2) is 84.9 Å². The minimum Gasteiger partial charge on any atom is -0.481 e. The van der Waals surface area contributed by atoms with E-state index in [0.717, 1.165) is 84.7 Å². The lowest BCUT2D eigenvalue weighted by Crippen LogP contribution is -2.67. The number of carboxylic acid groups (broad SMARTS) is 1. The van der Waals surface area contributed by atoms with Gasteiger partial charge < -0.3 is 25.8 Å². The summed E-state index contributed by atoms with van der Waals surface area (Å²) in [5.74, 6) is -4.09. The number of rotatable bonds is 21. The van der Waals surface area contributed by atoms with Gasteiger partial charge in [-0.2, -0.15) is 4.31 Å². The smallest absolute Gasteiger partial charge is 0.349 e. The number of carboxylic acids is 1. The summed E-state index contributed by atoms with van der Waals surface area (Å²) >= 11 is 0.743. The van der Waals surface area contributed by atoms with Gasteiger partial charge >= 0.3 is 5.97 Å². The molecule has 5 aromatic rings. The Morgan fingerprint density at radius 1 is 0.907 bits per heavy atom. The molecule has 1 aromatic heterocycles. The van der Waals surface area contributed by atoms with Gasteiger partial charge in [0.05, 0.1) is 16.3 Å². The summed E-state index contributed by atoms with van der Waals surface area (Å²) in [6, 6.07) is 25.3. The van der Waals surface area contributed by atoms with E-state index in [-0.39, 0.29) is 52.1 Å². The van der Waals surface area contributed by atoms with Gasteiger partial charge in [-0.3, -0.25) is 34.2 Å². The van der Waals surface area contributed by atoms with Crippen LogP contribution in [0.3, 0.4) is 0 Å². The number of carbonyl (C=O) groups excluding carboxylic acids is 5. The number of halogens is 1. The van der Waals surface area contributed by atoms with Crippen molar-refractivity contribution < 1.29 is 51.4 Å². The first-order chi connectivity index (χ1) is 36.2. The third-order valence-corrected chi connectivity index (χ3v) is 18.8. The van der Waals surface area contributed by atoms with Crippen LogP contribution in [0.5, 0.6) is 5.75 Å². The number of hydrogen-bond acceptors (Lipinski definition) is 12. The number of aldehydes is 1. The lowest BCUT2D eigenvalue weighted by atomic mass is 9.74. The maximum absolute atomic E-state index is 15.7. The molecule has 75 heavy (non-hydrogen) atoms. The molecule has 19 heteroatoms. The van der Waals surface area contributed by atoms with Gasteiger partial charge in [0.2, 0.25) is 34.2 Å². The van der Waals surface area contributed by atoms with Crippen LogP contribution >= 0.6 is 11.3 Å². The van der Waals surface area contributed by atoms with E-state index in [0.29, 0.717) is 74.0 Å². The number of imide groups is 1. The van der Waals surface area contributed by atoms with E-state index in [2.05, 4.69) is 21.3 Å². The van der Waals surface area contributed by atoms with E-state index in [4.69, 9.17) is 4.74 Å². The highest BCUT2D eigenvalue weighted by Gasteiger charge is 2.60. The van der Waals surface area contributed by atoms with Gasteiger partial charge in [0.15, 0.2) is 22.7 Å². The molecule has 0 bridgehead atoms. The van der Waals surface area contributed by atoms with Crippen molar-refractivity contribution in [3.8, 4) is 16.2 Å². The number of piperidine rings is 2. The molecule has 2 saturated carbocycles. The largest absolute Gasteiger partial charge is 0.481 e. The number of benzene rings is 4. The molecule has 0 radical (unpaired) electrons. The molecule has 2 atom stereocenters. The zero-order valence-corrected chi connectivity index (χ0v) is 43.5. The number of thiophene rings is 1. The van der Waals surface area contributed by atoms with Crippen molar-refractivity contribution in [2.75, 3.05) is 35.2 Å². The third kappa shape index (κ3) is 11.2. The zero-order chi connectivity index (χ0) is 52.9. The molecule has 4 aliphatic rings. The number of amides is 4. The fourth-order valence-corrected chi connectivity index (χ4v) is 16.1. The van der Waals surface area contributed by atoms with Crippen LogP contribution in [0.2, 0.25) is 0 Å². The van der Waals surface area contributed by atoms with Crippen molar-refractivity contribution in [2.24, 2.45) is 0 Å². The van der Waals surface area contributed by atoms with Crippen molar-refractivity contribution in [1.82, 2.24) is 14.9 Å². The van der Waals surface area contributed by atoms with Crippen molar-refractivity contribution in [2.45, 2.75) is 132 Å². The number of nitrogens with one attached hydrogen (secondary N) is 4. The Labute approximate surface area is 439 Å². The fourth-order valence-electron chi connectivity index (χ4n) is 12.8. The minimum atomic E-state index is -3.87. The molecule has 4 aromatic carbocycles. The summed E-state index contributed by atoms with van der Waals surface area (Å²) in [5.41, 5.74) is 2.98. The fraction of sp³-hybridized carbons (Fsp3) is 0.429. The van der Waals surface area contributed by atoms with Gasteiger partial charge in [-0.1, -0.05) is 80.3 Å². The van der Waals surface area contributed by atoms with Crippen LogP contribution in [0.25, 0.3) is 21.2 Å². The van der Waals surface area contributed by atoms with Crippen LogP contribution < -0.4 is 30.9 Å². The maximum atomic E-state index is 15.7. The summed E-state index contributed by atoms with van der Waals surface area (Å²) < 4.78 is 53.3. The first-order valence-corrected chi connectivity index (χ1v) is 28.3. The SMILES string of the molecule is CC(=O)N(c1ccc(C(CCNC=O)CCNc2cccc(CS(=O)(=O)N3C4(CCCC4)CC(Nc4cccc(-c5sc(C(=O)O)c(OCC=O)c5F)c4)CC34CCCC4)c2)c2ccccc12)C1CCC(=O)NC1=O. The van der Waals surface area contributed by atoms with Gasteiger partial charge in [-0.15, -0.1) is 11.3 Å². The average Bonchev–Trinajstić information content (AvgIpc) is 4.13. The van der Waals surface area contributed by atoms with Crippen LogP contribution in [-0.2, 0) is 39.7 Å². The standard InChI is InChI=1S/C56H63FN6O10S2/c1-36(66)62(47-18-19-48(67)61-53(47)68)46-17-16-43(44-14-2-3-15-45(44)46)38(20-26-58-35-65)21-27-59-40-12-8-10-37(30-40)34-75(71,72)63-55(22-4-5-23-55)32-42(33-56(63)24-6-7-25-56)60-41-13-9-11-39(31-41)51-49(57)50(73-29-28-64)52(74-51)54(69)70/h2-3,8-17,28,30-31,35,38,42,47,59-60H,4-7,18-27,29,32-34H2,1H3,(H,58,65)(H,69,70)(H,61,67,68). The van der Waals surface area contributed by atoms with Crippen LogP contribution in [-0.4, -0.2) is 97.1 Å². The number of anilines is 3.